The maximum atomic E-state index is 12.6. The van der Waals surface area contributed by atoms with Gasteiger partial charge in [0, 0.05) is 32.2 Å². The van der Waals surface area contributed by atoms with E-state index in [2.05, 4.69) is 23.9 Å². The monoisotopic (exact) mass is 268 g/mol. The summed E-state index contributed by atoms with van der Waals surface area (Å²) in [5.74, 6) is 0.118. The zero-order valence-corrected chi connectivity index (χ0v) is 11.8. The lowest BCUT2D eigenvalue weighted by atomic mass is 9.66. The van der Waals surface area contributed by atoms with Crippen LogP contribution in [-0.4, -0.2) is 59.0 Å². The van der Waals surface area contributed by atoms with E-state index in [9.17, 15) is 4.79 Å². The summed E-state index contributed by atoms with van der Waals surface area (Å²) in [6, 6.07) is 0.513. The van der Waals surface area contributed by atoms with E-state index in [0.717, 1.165) is 32.6 Å². The van der Waals surface area contributed by atoms with E-state index >= 15 is 0 Å². The number of hydrogen-bond acceptors (Lipinski definition) is 4. The largest absolute Gasteiger partial charge is 0.409 e. The summed E-state index contributed by atoms with van der Waals surface area (Å²) >= 11 is 0. The number of rotatable bonds is 3. The van der Waals surface area contributed by atoms with Gasteiger partial charge in [0.2, 0.25) is 5.91 Å². The molecule has 6 nitrogen and oxygen atoms in total. The molecular formula is C13H24N4O2. The highest BCUT2D eigenvalue weighted by Gasteiger charge is 2.50. The van der Waals surface area contributed by atoms with Crippen molar-refractivity contribution < 1.29 is 10.0 Å². The Morgan fingerprint density at radius 3 is 2.21 bits per heavy atom. The normalized spacial score (nSPS) is 24.4. The van der Waals surface area contributed by atoms with Gasteiger partial charge in [0.25, 0.3) is 0 Å². The zero-order valence-electron chi connectivity index (χ0n) is 11.8. The summed E-state index contributed by atoms with van der Waals surface area (Å²) in [4.78, 5) is 16.8. The maximum Gasteiger partial charge on any atom is 0.236 e. The van der Waals surface area contributed by atoms with E-state index in [1.807, 2.05) is 4.90 Å². The fraction of sp³-hybridized carbons (Fsp3) is 0.846. The van der Waals surface area contributed by atoms with Crippen molar-refractivity contribution in [3.63, 3.8) is 0 Å². The minimum atomic E-state index is -0.727. The lowest BCUT2D eigenvalue weighted by Crippen LogP contribution is -2.59. The molecule has 0 spiro atoms. The Hall–Kier alpha value is -1.30. The van der Waals surface area contributed by atoms with Crippen molar-refractivity contribution in [1.29, 1.82) is 0 Å². The van der Waals surface area contributed by atoms with E-state index in [0.29, 0.717) is 18.9 Å². The van der Waals surface area contributed by atoms with Gasteiger partial charge in [0.1, 0.15) is 5.41 Å². The van der Waals surface area contributed by atoms with Crippen LogP contribution in [0.2, 0.25) is 0 Å². The predicted octanol–water partition coefficient (Wildman–Crippen LogP) is 0.456. The molecule has 1 aliphatic heterocycles. The van der Waals surface area contributed by atoms with Gasteiger partial charge < -0.3 is 15.8 Å². The van der Waals surface area contributed by atoms with E-state index in [1.54, 1.807) is 0 Å². The fourth-order valence-electron chi connectivity index (χ4n) is 2.95. The number of nitrogens with zero attached hydrogens (tertiary/aromatic N) is 3. The van der Waals surface area contributed by atoms with Crippen LogP contribution in [0.4, 0.5) is 0 Å². The van der Waals surface area contributed by atoms with Crippen LogP contribution >= 0.6 is 0 Å². The van der Waals surface area contributed by atoms with Gasteiger partial charge in [0.15, 0.2) is 5.84 Å². The second-order valence-electron chi connectivity index (χ2n) is 5.84. The third-order valence-electron chi connectivity index (χ3n) is 4.55. The summed E-state index contributed by atoms with van der Waals surface area (Å²) in [7, 11) is 0. The topological polar surface area (TPSA) is 82.2 Å². The first-order valence-electron chi connectivity index (χ1n) is 7.02. The van der Waals surface area contributed by atoms with Crippen molar-refractivity contribution in [3.8, 4) is 0 Å². The molecule has 3 N–H and O–H groups in total. The van der Waals surface area contributed by atoms with E-state index in [1.165, 1.54) is 0 Å². The number of carbonyl (C=O) groups excluding carboxylic acids is 1. The van der Waals surface area contributed by atoms with Crippen LogP contribution in [0.1, 0.15) is 33.1 Å². The number of nitrogens with two attached hydrogens (primary N) is 1. The van der Waals surface area contributed by atoms with E-state index in [4.69, 9.17) is 10.9 Å². The molecule has 0 aromatic carbocycles. The molecule has 1 amide bonds. The van der Waals surface area contributed by atoms with Crippen molar-refractivity contribution in [2.45, 2.75) is 39.2 Å². The van der Waals surface area contributed by atoms with Crippen molar-refractivity contribution in [1.82, 2.24) is 9.80 Å². The Morgan fingerprint density at radius 1 is 1.26 bits per heavy atom. The highest BCUT2D eigenvalue weighted by molar-refractivity contribution is 6.07. The number of oxime groups is 1. The number of amidine groups is 1. The van der Waals surface area contributed by atoms with Gasteiger partial charge in [-0.2, -0.15) is 0 Å². The molecule has 1 heterocycles. The molecule has 2 aliphatic rings. The lowest BCUT2D eigenvalue weighted by molar-refractivity contribution is -0.144. The molecule has 6 heteroatoms. The van der Waals surface area contributed by atoms with Crippen molar-refractivity contribution in [2.75, 3.05) is 26.2 Å². The minimum Gasteiger partial charge on any atom is -0.409 e. The maximum absolute atomic E-state index is 12.6. The third-order valence-corrected chi connectivity index (χ3v) is 4.55. The SMILES string of the molecule is CC(C)N1CCN(C(=O)C2(C(N)=NO)CCC2)CC1. The molecule has 1 saturated carbocycles. The molecule has 0 aromatic heterocycles. The van der Waals surface area contributed by atoms with Gasteiger partial charge in [-0.3, -0.25) is 9.69 Å². The van der Waals surface area contributed by atoms with Gasteiger partial charge >= 0.3 is 0 Å². The Morgan fingerprint density at radius 2 is 1.84 bits per heavy atom. The molecule has 108 valence electrons. The second kappa shape index (κ2) is 5.36. The quantitative estimate of drug-likeness (QED) is 0.337. The number of piperazine rings is 1. The molecule has 2 rings (SSSR count). The Bertz CT molecular complexity index is 369. The Kier molecular flexibility index (Phi) is 3.99. The first-order valence-corrected chi connectivity index (χ1v) is 7.02. The van der Waals surface area contributed by atoms with Crippen LogP contribution in [-0.2, 0) is 4.79 Å². The highest BCUT2D eigenvalue weighted by atomic mass is 16.4. The highest BCUT2D eigenvalue weighted by Crippen LogP contribution is 2.42. The molecule has 0 unspecified atom stereocenters. The van der Waals surface area contributed by atoms with Crippen LogP contribution in [0.3, 0.4) is 0 Å². The van der Waals surface area contributed by atoms with Crippen LogP contribution in [0, 0.1) is 5.41 Å². The fourth-order valence-corrected chi connectivity index (χ4v) is 2.95. The van der Waals surface area contributed by atoms with Crippen molar-refractivity contribution >= 4 is 11.7 Å². The molecule has 0 atom stereocenters. The third kappa shape index (κ3) is 2.41. The van der Waals surface area contributed by atoms with Crippen molar-refractivity contribution in [2.24, 2.45) is 16.3 Å². The number of hydrogen-bond donors (Lipinski definition) is 2. The standard InChI is InChI=1S/C13H24N4O2/c1-10(2)16-6-8-17(9-7-16)12(18)13(4-3-5-13)11(14)15-19/h10,19H,3-9H2,1-2H3,(H2,14,15). The zero-order chi connectivity index (χ0) is 14.0. The molecular weight excluding hydrogens is 244 g/mol. The smallest absolute Gasteiger partial charge is 0.236 e. The van der Waals surface area contributed by atoms with Crippen LogP contribution in [0.25, 0.3) is 0 Å². The summed E-state index contributed by atoms with van der Waals surface area (Å²) in [5, 5.41) is 12.0. The summed E-state index contributed by atoms with van der Waals surface area (Å²) in [6.07, 6.45) is 2.37. The van der Waals surface area contributed by atoms with E-state index in [-0.39, 0.29) is 11.7 Å². The molecule has 1 saturated heterocycles. The summed E-state index contributed by atoms with van der Waals surface area (Å²) in [6.45, 7) is 7.60. The molecule has 2 fully saturated rings. The molecule has 1 aliphatic carbocycles. The van der Waals surface area contributed by atoms with Crippen LogP contribution in [0.15, 0.2) is 5.16 Å². The van der Waals surface area contributed by atoms with Gasteiger partial charge in [-0.15, -0.1) is 0 Å². The Balaban J connectivity index is 2.01. The minimum absolute atomic E-state index is 0.0393. The van der Waals surface area contributed by atoms with Gasteiger partial charge in [0.05, 0.1) is 0 Å². The molecule has 0 bridgehead atoms. The van der Waals surface area contributed by atoms with Crippen molar-refractivity contribution in [3.05, 3.63) is 0 Å². The predicted molar refractivity (Wildman–Crippen MR) is 73.0 cm³/mol. The first kappa shape index (κ1) is 14.1. The number of carbonyl (C=O) groups is 1. The number of amides is 1. The van der Waals surface area contributed by atoms with Gasteiger partial charge in [-0.1, -0.05) is 11.6 Å². The summed E-state index contributed by atoms with van der Waals surface area (Å²) < 4.78 is 0. The average Bonchev–Trinajstić information content (AvgIpc) is 2.37. The van der Waals surface area contributed by atoms with Gasteiger partial charge in [-0.25, -0.2) is 0 Å². The second-order valence-corrected chi connectivity index (χ2v) is 5.84. The van der Waals surface area contributed by atoms with Crippen LogP contribution < -0.4 is 5.73 Å². The molecule has 0 radical (unpaired) electrons. The Labute approximate surface area is 114 Å². The summed E-state index contributed by atoms with van der Waals surface area (Å²) in [5.41, 5.74) is 5.01. The van der Waals surface area contributed by atoms with E-state index < -0.39 is 5.41 Å². The first-order chi connectivity index (χ1) is 9.01. The van der Waals surface area contributed by atoms with Gasteiger partial charge in [-0.05, 0) is 26.7 Å². The lowest BCUT2D eigenvalue weighted by Gasteiger charge is -2.45. The molecule has 19 heavy (non-hydrogen) atoms. The van der Waals surface area contributed by atoms with Crippen LogP contribution in [0.5, 0.6) is 0 Å². The average molecular weight is 268 g/mol. The molecule has 0 aromatic rings.